The zero-order chi connectivity index (χ0) is 18.8. The van der Waals surface area contributed by atoms with Crippen LogP contribution in [-0.4, -0.2) is 52.1 Å². The molecule has 0 aromatic carbocycles. The lowest BCUT2D eigenvalue weighted by Crippen LogP contribution is -2.50. The minimum absolute atomic E-state index is 0.0614. The van der Waals surface area contributed by atoms with Crippen molar-refractivity contribution in [2.45, 2.75) is 44.6 Å². The van der Waals surface area contributed by atoms with Crippen molar-refractivity contribution in [1.82, 2.24) is 19.9 Å². The van der Waals surface area contributed by atoms with E-state index in [1.807, 2.05) is 13.0 Å². The molecule has 7 heteroatoms. The van der Waals surface area contributed by atoms with E-state index in [0.29, 0.717) is 17.9 Å². The van der Waals surface area contributed by atoms with Gasteiger partial charge >= 0.3 is 0 Å². The van der Waals surface area contributed by atoms with Crippen molar-refractivity contribution in [2.24, 2.45) is 0 Å². The van der Waals surface area contributed by atoms with Gasteiger partial charge in [-0.2, -0.15) is 0 Å². The minimum atomic E-state index is -0.403. The topological polar surface area (TPSA) is 65.1 Å². The van der Waals surface area contributed by atoms with Gasteiger partial charge in [-0.1, -0.05) is 13.0 Å². The van der Waals surface area contributed by atoms with E-state index in [-0.39, 0.29) is 5.56 Å². The number of aromatic amines is 1. The normalized spacial score (nSPS) is 23.7. The maximum atomic E-state index is 13.0. The lowest BCUT2D eigenvalue weighted by molar-refractivity contribution is 0.185. The average molecular weight is 371 g/mol. The second kappa shape index (κ2) is 7.76. The van der Waals surface area contributed by atoms with Crippen molar-refractivity contribution in [3.05, 3.63) is 52.0 Å². The average Bonchev–Trinajstić information content (AvgIpc) is 3.19. The lowest BCUT2D eigenvalue weighted by Gasteiger charge is -2.38. The van der Waals surface area contributed by atoms with E-state index in [1.165, 1.54) is 12.4 Å². The van der Waals surface area contributed by atoms with E-state index >= 15 is 0 Å². The number of nitrogens with one attached hydrogen (secondary N) is 1. The van der Waals surface area contributed by atoms with Crippen LogP contribution in [0.4, 0.5) is 10.3 Å². The number of hydrogen-bond acceptors (Lipinski definition) is 5. The monoisotopic (exact) mass is 371 g/mol. The predicted molar refractivity (Wildman–Crippen MR) is 103 cm³/mol. The SMILES string of the molecule is CCc1ccc([C@@H]2CC[C@H](N3CCN(c4ncc(F)cn4)CC3)C2)[nH]c1=O. The fraction of sp³-hybridized carbons (Fsp3) is 0.550. The van der Waals surface area contributed by atoms with Crippen LogP contribution in [-0.2, 0) is 6.42 Å². The molecule has 3 heterocycles. The quantitative estimate of drug-likeness (QED) is 0.894. The van der Waals surface area contributed by atoms with E-state index in [4.69, 9.17) is 0 Å². The molecule has 0 amide bonds. The Hall–Kier alpha value is -2.28. The van der Waals surface area contributed by atoms with Crippen molar-refractivity contribution in [1.29, 1.82) is 0 Å². The Kier molecular flexibility index (Phi) is 5.20. The summed E-state index contributed by atoms with van der Waals surface area (Å²) in [6.07, 6.45) is 6.59. The third-order valence-electron chi connectivity index (χ3n) is 5.96. The molecular weight excluding hydrogens is 345 g/mol. The molecule has 1 aliphatic carbocycles. The fourth-order valence-corrected chi connectivity index (χ4v) is 4.36. The van der Waals surface area contributed by atoms with Gasteiger partial charge in [0.15, 0.2) is 5.82 Å². The summed E-state index contributed by atoms with van der Waals surface area (Å²) in [7, 11) is 0. The van der Waals surface area contributed by atoms with E-state index in [9.17, 15) is 9.18 Å². The van der Waals surface area contributed by atoms with Crippen LogP contribution in [0.5, 0.6) is 0 Å². The van der Waals surface area contributed by atoms with Crippen molar-refractivity contribution in [3.63, 3.8) is 0 Å². The molecule has 2 aromatic rings. The summed E-state index contributed by atoms with van der Waals surface area (Å²) < 4.78 is 13.0. The van der Waals surface area contributed by atoms with Crippen LogP contribution in [0.25, 0.3) is 0 Å². The molecule has 2 fully saturated rings. The Balaban J connectivity index is 1.34. The number of H-pyrrole nitrogens is 1. The van der Waals surface area contributed by atoms with Gasteiger partial charge in [0.05, 0.1) is 12.4 Å². The number of aryl methyl sites for hydroxylation is 1. The highest BCUT2D eigenvalue weighted by molar-refractivity contribution is 5.29. The van der Waals surface area contributed by atoms with Crippen LogP contribution < -0.4 is 10.5 Å². The number of anilines is 1. The molecule has 6 nitrogen and oxygen atoms in total. The molecule has 0 bridgehead atoms. The molecule has 27 heavy (non-hydrogen) atoms. The summed E-state index contributed by atoms with van der Waals surface area (Å²) in [5.74, 6) is 0.639. The summed E-state index contributed by atoms with van der Waals surface area (Å²) in [6.45, 7) is 5.64. The van der Waals surface area contributed by atoms with Crippen LogP contribution in [0.2, 0.25) is 0 Å². The molecule has 144 valence electrons. The highest BCUT2D eigenvalue weighted by atomic mass is 19.1. The first kappa shape index (κ1) is 18.1. The summed E-state index contributed by atoms with van der Waals surface area (Å²) in [6, 6.07) is 4.63. The van der Waals surface area contributed by atoms with Crippen molar-refractivity contribution in [3.8, 4) is 0 Å². The molecule has 1 N–H and O–H groups in total. The van der Waals surface area contributed by atoms with E-state index in [1.54, 1.807) is 0 Å². The Morgan fingerprint density at radius 1 is 1.15 bits per heavy atom. The van der Waals surface area contributed by atoms with E-state index in [0.717, 1.165) is 63.1 Å². The van der Waals surface area contributed by atoms with Gasteiger partial charge in [0.1, 0.15) is 0 Å². The molecule has 2 aromatic heterocycles. The Labute approximate surface area is 158 Å². The molecule has 1 saturated carbocycles. The van der Waals surface area contributed by atoms with Crippen molar-refractivity contribution in [2.75, 3.05) is 31.1 Å². The molecule has 1 saturated heterocycles. The summed E-state index contributed by atoms with van der Waals surface area (Å²) in [5.41, 5.74) is 2.00. The van der Waals surface area contributed by atoms with Crippen LogP contribution in [0.15, 0.2) is 29.3 Å². The van der Waals surface area contributed by atoms with Crippen LogP contribution in [0.3, 0.4) is 0 Å². The fourth-order valence-electron chi connectivity index (χ4n) is 4.36. The molecule has 0 radical (unpaired) electrons. The number of halogens is 1. The first-order valence-corrected chi connectivity index (χ1v) is 9.82. The maximum absolute atomic E-state index is 13.0. The van der Waals surface area contributed by atoms with Gasteiger partial charge in [-0.25, -0.2) is 14.4 Å². The Morgan fingerprint density at radius 2 is 1.89 bits per heavy atom. The van der Waals surface area contributed by atoms with E-state index in [2.05, 4.69) is 30.8 Å². The van der Waals surface area contributed by atoms with Gasteiger partial charge in [0.2, 0.25) is 5.95 Å². The first-order valence-electron chi connectivity index (χ1n) is 9.82. The van der Waals surface area contributed by atoms with Gasteiger partial charge in [-0.15, -0.1) is 0 Å². The maximum Gasteiger partial charge on any atom is 0.251 e. The van der Waals surface area contributed by atoms with Crippen molar-refractivity contribution < 1.29 is 4.39 Å². The van der Waals surface area contributed by atoms with Gasteiger partial charge in [-0.3, -0.25) is 9.69 Å². The summed E-state index contributed by atoms with van der Waals surface area (Å²) in [5, 5.41) is 0. The number of aromatic nitrogens is 3. The molecular formula is C20H26FN5O. The Morgan fingerprint density at radius 3 is 2.56 bits per heavy atom. The zero-order valence-corrected chi connectivity index (χ0v) is 15.7. The summed E-state index contributed by atoms with van der Waals surface area (Å²) >= 11 is 0. The molecule has 2 atom stereocenters. The number of rotatable bonds is 4. The molecule has 2 aliphatic rings. The van der Waals surface area contributed by atoms with Crippen LogP contribution in [0.1, 0.15) is 43.4 Å². The Bertz CT molecular complexity index is 829. The smallest absolute Gasteiger partial charge is 0.251 e. The lowest BCUT2D eigenvalue weighted by atomic mass is 10.0. The summed E-state index contributed by atoms with van der Waals surface area (Å²) in [4.78, 5) is 28.0. The standard InChI is InChI=1S/C20H26FN5O/c1-2-14-4-6-18(24-19(14)27)15-3-5-17(11-15)25-7-9-26(10-8-25)20-22-12-16(21)13-23-20/h4,6,12-13,15,17H,2-3,5,7-11H2,1H3,(H,24,27)/t15-,17+/m1/s1. The first-order chi connectivity index (χ1) is 13.1. The van der Waals surface area contributed by atoms with Gasteiger partial charge in [-0.05, 0) is 31.7 Å². The van der Waals surface area contributed by atoms with Crippen molar-refractivity contribution >= 4 is 5.95 Å². The van der Waals surface area contributed by atoms with Gasteiger partial charge in [0.25, 0.3) is 5.56 Å². The highest BCUT2D eigenvalue weighted by Crippen LogP contribution is 2.36. The second-order valence-corrected chi connectivity index (χ2v) is 7.51. The molecule has 1 aliphatic heterocycles. The number of nitrogens with zero attached hydrogens (tertiary/aromatic N) is 4. The van der Waals surface area contributed by atoms with Crippen LogP contribution >= 0.6 is 0 Å². The van der Waals surface area contributed by atoms with Gasteiger partial charge in [0, 0.05) is 49.4 Å². The number of hydrogen-bond donors (Lipinski definition) is 1. The van der Waals surface area contributed by atoms with E-state index < -0.39 is 5.82 Å². The van der Waals surface area contributed by atoms with Gasteiger partial charge < -0.3 is 9.88 Å². The largest absolute Gasteiger partial charge is 0.338 e. The zero-order valence-electron chi connectivity index (χ0n) is 15.7. The number of piperazine rings is 1. The number of pyridine rings is 1. The molecule has 4 rings (SSSR count). The third-order valence-corrected chi connectivity index (χ3v) is 5.96. The van der Waals surface area contributed by atoms with Crippen LogP contribution in [0, 0.1) is 5.82 Å². The third kappa shape index (κ3) is 3.88. The molecule has 0 spiro atoms. The predicted octanol–water partition coefficient (Wildman–Crippen LogP) is 2.32. The second-order valence-electron chi connectivity index (χ2n) is 7.51. The minimum Gasteiger partial charge on any atom is -0.338 e. The highest BCUT2D eigenvalue weighted by Gasteiger charge is 2.32. The molecule has 0 unspecified atom stereocenters.